The number of amides is 2. The van der Waals surface area contributed by atoms with E-state index in [9.17, 15) is 9.59 Å². The molecule has 0 saturated heterocycles. The molecule has 0 fully saturated rings. The van der Waals surface area contributed by atoms with Gasteiger partial charge in [-0.25, -0.2) is 0 Å². The Balaban J connectivity index is 2.06. The molecule has 152 valence electrons. The van der Waals surface area contributed by atoms with Crippen LogP contribution in [0.15, 0.2) is 28.8 Å². The number of benzene rings is 1. The Morgan fingerprint density at radius 3 is 2.54 bits per heavy atom. The average molecular weight is 387 g/mol. The van der Waals surface area contributed by atoms with Gasteiger partial charge >= 0.3 is 0 Å². The number of rotatable bonds is 7. The maximum absolute atomic E-state index is 12.8. The summed E-state index contributed by atoms with van der Waals surface area (Å²) in [6.07, 6.45) is 0. The maximum Gasteiger partial charge on any atom is 0.254 e. The molecule has 0 radical (unpaired) electrons. The third kappa shape index (κ3) is 5.84. The van der Waals surface area contributed by atoms with E-state index in [1.54, 1.807) is 24.3 Å². The van der Waals surface area contributed by atoms with E-state index in [0.29, 0.717) is 30.2 Å². The second kappa shape index (κ2) is 8.91. The standard InChI is InChI=1S/C21H29N3O4/c1-7-24(12-19(25)22-21(4,5)6)20(26)16-9-8-10-17(11-16)27-13-18-14(2)23-28-15(18)3/h8-11H,7,12-13H2,1-6H3,(H,22,25). The Bertz CT molecular complexity index is 817. The zero-order valence-corrected chi connectivity index (χ0v) is 17.5. The summed E-state index contributed by atoms with van der Waals surface area (Å²) in [6.45, 7) is 12.0. The van der Waals surface area contributed by atoms with Gasteiger partial charge < -0.3 is 19.5 Å². The normalized spacial score (nSPS) is 11.2. The average Bonchev–Trinajstić information content (AvgIpc) is 2.94. The summed E-state index contributed by atoms with van der Waals surface area (Å²) in [7, 11) is 0. The van der Waals surface area contributed by atoms with Crippen molar-refractivity contribution in [3.63, 3.8) is 0 Å². The first-order valence-electron chi connectivity index (χ1n) is 9.35. The lowest BCUT2D eigenvalue weighted by Crippen LogP contribution is -2.47. The lowest BCUT2D eigenvalue weighted by molar-refractivity contribution is -0.123. The minimum atomic E-state index is -0.342. The Labute approximate surface area is 166 Å². The van der Waals surface area contributed by atoms with Gasteiger partial charge in [-0.15, -0.1) is 0 Å². The Morgan fingerprint density at radius 1 is 1.25 bits per heavy atom. The fourth-order valence-corrected chi connectivity index (χ4v) is 2.72. The molecule has 1 aromatic carbocycles. The van der Waals surface area contributed by atoms with Gasteiger partial charge in [0.2, 0.25) is 5.91 Å². The van der Waals surface area contributed by atoms with Gasteiger partial charge in [-0.2, -0.15) is 0 Å². The maximum atomic E-state index is 12.8. The van der Waals surface area contributed by atoms with E-state index in [0.717, 1.165) is 11.3 Å². The highest BCUT2D eigenvalue weighted by Crippen LogP contribution is 2.19. The van der Waals surface area contributed by atoms with Crippen LogP contribution in [0.25, 0.3) is 0 Å². The highest BCUT2D eigenvalue weighted by Gasteiger charge is 2.21. The number of carbonyl (C=O) groups excluding carboxylic acids is 2. The number of carbonyl (C=O) groups is 2. The predicted molar refractivity (Wildman–Crippen MR) is 106 cm³/mol. The molecule has 2 rings (SSSR count). The minimum absolute atomic E-state index is 0.0107. The third-order valence-electron chi connectivity index (χ3n) is 4.16. The molecular weight excluding hydrogens is 358 g/mol. The Kier molecular flexibility index (Phi) is 6.83. The smallest absolute Gasteiger partial charge is 0.254 e. The third-order valence-corrected chi connectivity index (χ3v) is 4.16. The molecule has 0 spiro atoms. The van der Waals surface area contributed by atoms with Crippen molar-refractivity contribution in [2.45, 2.75) is 53.7 Å². The van der Waals surface area contributed by atoms with Gasteiger partial charge in [0, 0.05) is 17.6 Å². The molecular formula is C21H29N3O4. The summed E-state index contributed by atoms with van der Waals surface area (Å²) in [5.41, 5.74) is 1.81. The lowest BCUT2D eigenvalue weighted by Gasteiger charge is -2.25. The van der Waals surface area contributed by atoms with Crippen LogP contribution in [-0.2, 0) is 11.4 Å². The number of aryl methyl sites for hydroxylation is 2. The summed E-state index contributed by atoms with van der Waals surface area (Å²) in [4.78, 5) is 26.5. The first-order valence-corrected chi connectivity index (χ1v) is 9.35. The van der Waals surface area contributed by atoms with E-state index in [2.05, 4.69) is 10.5 Å². The van der Waals surface area contributed by atoms with Crippen molar-refractivity contribution in [3.05, 3.63) is 46.8 Å². The monoisotopic (exact) mass is 387 g/mol. The van der Waals surface area contributed by atoms with E-state index in [4.69, 9.17) is 9.26 Å². The highest BCUT2D eigenvalue weighted by molar-refractivity contribution is 5.96. The van der Waals surface area contributed by atoms with E-state index in [-0.39, 0.29) is 23.9 Å². The summed E-state index contributed by atoms with van der Waals surface area (Å²) >= 11 is 0. The molecule has 2 aromatic rings. The first kappa shape index (κ1) is 21.5. The van der Waals surface area contributed by atoms with E-state index < -0.39 is 0 Å². The summed E-state index contributed by atoms with van der Waals surface area (Å²) in [5, 5.41) is 6.78. The zero-order valence-electron chi connectivity index (χ0n) is 17.5. The number of hydrogen-bond donors (Lipinski definition) is 1. The topological polar surface area (TPSA) is 84.7 Å². The fourth-order valence-electron chi connectivity index (χ4n) is 2.72. The summed E-state index contributed by atoms with van der Waals surface area (Å²) in [5.74, 6) is 0.885. The van der Waals surface area contributed by atoms with Gasteiger partial charge in [0.05, 0.1) is 17.8 Å². The summed E-state index contributed by atoms with van der Waals surface area (Å²) in [6, 6.07) is 6.96. The van der Waals surface area contributed by atoms with Crippen LogP contribution in [0.5, 0.6) is 5.75 Å². The molecule has 0 aliphatic carbocycles. The lowest BCUT2D eigenvalue weighted by atomic mass is 10.1. The van der Waals surface area contributed by atoms with Crippen molar-refractivity contribution in [3.8, 4) is 5.75 Å². The quantitative estimate of drug-likeness (QED) is 0.788. The van der Waals surface area contributed by atoms with Crippen LogP contribution < -0.4 is 10.1 Å². The van der Waals surface area contributed by atoms with Crippen LogP contribution in [-0.4, -0.2) is 40.5 Å². The molecule has 7 heteroatoms. The van der Waals surface area contributed by atoms with Crippen LogP contribution in [0.4, 0.5) is 0 Å². The molecule has 0 aliphatic heterocycles. The number of hydrogen-bond acceptors (Lipinski definition) is 5. The number of ether oxygens (including phenoxy) is 1. The minimum Gasteiger partial charge on any atom is -0.489 e. The van der Waals surface area contributed by atoms with Crippen molar-refractivity contribution in [2.24, 2.45) is 0 Å². The molecule has 0 saturated carbocycles. The molecule has 0 atom stereocenters. The molecule has 1 heterocycles. The van der Waals surface area contributed by atoms with E-state index >= 15 is 0 Å². The van der Waals surface area contributed by atoms with Gasteiger partial charge in [0.25, 0.3) is 5.91 Å². The molecule has 1 N–H and O–H groups in total. The van der Waals surface area contributed by atoms with Gasteiger partial charge in [0.1, 0.15) is 18.1 Å². The fraction of sp³-hybridized carbons (Fsp3) is 0.476. The summed E-state index contributed by atoms with van der Waals surface area (Å²) < 4.78 is 10.9. The number of nitrogens with zero attached hydrogens (tertiary/aromatic N) is 2. The van der Waals surface area contributed by atoms with Crippen molar-refractivity contribution < 1.29 is 18.8 Å². The Hall–Kier alpha value is -2.83. The zero-order chi connectivity index (χ0) is 20.9. The molecule has 0 bridgehead atoms. The van der Waals surface area contributed by atoms with Crippen molar-refractivity contribution >= 4 is 11.8 Å². The Morgan fingerprint density at radius 2 is 1.96 bits per heavy atom. The predicted octanol–water partition coefficient (Wildman–Crippen LogP) is 3.25. The molecule has 7 nitrogen and oxygen atoms in total. The van der Waals surface area contributed by atoms with Crippen LogP contribution in [0.3, 0.4) is 0 Å². The van der Waals surface area contributed by atoms with Gasteiger partial charge in [-0.05, 0) is 59.7 Å². The molecule has 0 unspecified atom stereocenters. The number of aromatic nitrogens is 1. The largest absolute Gasteiger partial charge is 0.489 e. The van der Waals surface area contributed by atoms with Crippen LogP contribution >= 0.6 is 0 Å². The van der Waals surface area contributed by atoms with Crippen molar-refractivity contribution in [2.75, 3.05) is 13.1 Å². The van der Waals surface area contributed by atoms with Crippen LogP contribution in [0.2, 0.25) is 0 Å². The van der Waals surface area contributed by atoms with Crippen molar-refractivity contribution in [1.82, 2.24) is 15.4 Å². The highest BCUT2D eigenvalue weighted by atomic mass is 16.5. The first-order chi connectivity index (χ1) is 13.1. The second-order valence-corrected chi connectivity index (χ2v) is 7.74. The second-order valence-electron chi connectivity index (χ2n) is 7.74. The van der Waals surface area contributed by atoms with Gasteiger partial charge in [0.15, 0.2) is 0 Å². The molecule has 28 heavy (non-hydrogen) atoms. The van der Waals surface area contributed by atoms with Gasteiger partial charge in [-0.3, -0.25) is 9.59 Å². The van der Waals surface area contributed by atoms with Crippen LogP contribution in [0, 0.1) is 13.8 Å². The number of nitrogens with one attached hydrogen (secondary N) is 1. The number of likely N-dealkylation sites (N-methyl/N-ethyl adjacent to an activating group) is 1. The van der Waals surface area contributed by atoms with Crippen LogP contribution in [0.1, 0.15) is 55.1 Å². The molecule has 1 aromatic heterocycles. The molecule has 2 amide bonds. The van der Waals surface area contributed by atoms with E-state index in [1.165, 1.54) is 4.90 Å². The molecule has 0 aliphatic rings. The van der Waals surface area contributed by atoms with Crippen molar-refractivity contribution in [1.29, 1.82) is 0 Å². The SMILES string of the molecule is CCN(CC(=O)NC(C)(C)C)C(=O)c1cccc(OCc2c(C)noc2C)c1. The van der Waals surface area contributed by atoms with Gasteiger partial charge in [-0.1, -0.05) is 11.2 Å². The van der Waals surface area contributed by atoms with E-state index in [1.807, 2.05) is 41.5 Å².